The second-order valence-electron chi connectivity index (χ2n) is 3.96. The Balaban J connectivity index is 3.05. The SMILES string of the molecule is C=C(Cc1c(C)cc(C)cc1C)C(=O)O. The van der Waals surface area contributed by atoms with Gasteiger partial charge < -0.3 is 5.11 Å². The van der Waals surface area contributed by atoms with Gasteiger partial charge in [-0.15, -0.1) is 0 Å². The van der Waals surface area contributed by atoms with E-state index in [1.165, 1.54) is 5.56 Å². The predicted molar refractivity (Wildman–Crippen MR) is 61.1 cm³/mol. The van der Waals surface area contributed by atoms with E-state index >= 15 is 0 Å². The first kappa shape index (κ1) is 11.5. The highest BCUT2D eigenvalue weighted by Gasteiger charge is 2.09. The Morgan fingerprint density at radius 2 is 1.73 bits per heavy atom. The molecule has 0 fully saturated rings. The van der Waals surface area contributed by atoms with Gasteiger partial charge in [0.25, 0.3) is 0 Å². The molecule has 0 atom stereocenters. The maximum Gasteiger partial charge on any atom is 0.331 e. The number of carboxylic acid groups (broad SMARTS) is 1. The topological polar surface area (TPSA) is 37.3 Å². The van der Waals surface area contributed by atoms with Crippen molar-refractivity contribution in [3.8, 4) is 0 Å². The molecular weight excluding hydrogens is 188 g/mol. The molecule has 0 radical (unpaired) electrons. The van der Waals surface area contributed by atoms with Crippen LogP contribution in [0.1, 0.15) is 22.3 Å². The van der Waals surface area contributed by atoms with Crippen LogP contribution in [-0.4, -0.2) is 11.1 Å². The van der Waals surface area contributed by atoms with Crippen molar-refractivity contribution in [1.82, 2.24) is 0 Å². The number of carboxylic acids is 1. The van der Waals surface area contributed by atoms with Crippen molar-refractivity contribution in [3.05, 3.63) is 46.5 Å². The minimum atomic E-state index is -0.922. The zero-order valence-electron chi connectivity index (χ0n) is 9.42. The highest BCUT2D eigenvalue weighted by molar-refractivity contribution is 5.86. The molecule has 0 saturated carbocycles. The largest absolute Gasteiger partial charge is 0.478 e. The fraction of sp³-hybridized carbons (Fsp3) is 0.308. The zero-order chi connectivity index (χ0) is 11.6. The summed E-state index contributed by atoms with van der Waals surface area (Å²) in [5, 5.41) is 8.78. The van der Waals surface area contributed by atoms with Crippen LogP contribution < -0.4 is 0 Å². The molecule has 0 aliphatic carbocycles. The maximum absolute atomic E-state index is 10.7. The van der Waals surface area contributed by atoms with E-state index in [4.69, 9.17) is 5.11 Å². The number of aliphatic carboxylic acids is 1. The Bertz CT molecular complexity index is 394. The highest BCUT2D eigenvalue weighted by atomic mass is 16.4. The molecule has 2 nitrogen and oxygen atoms in total. The van der Waals surface area contributed by atoms with Gasteiger partial charge in [-0.25, -0.2) is 4.79 Å². The van der Waals surface area contributed by atoms with Gasteiger partial charge in [-0.05, 0) is 37.5 Å². The monoisotopic (exact) mass is 204 g/mol. The second kappa shape index (κ2) is 4.30. The predicted octanol–water partition coefficient (Wildman–Crippen LogP) is 2.80. The van der Waals surface area contributed by atoms with E-state index < -0.39 is 5.97 Å². The number of carbonyl (C=O) groups is 1. The molecule has 1 N–H and O–H groups in total. The molecule has 0 saturated heterocycles. The Hall–Kier alpha value is -1.57. The summed E-state index contributed by atoms with van der Waals surface area (Å²) in [6.07, 6.45) is 0.424. The smallest absolute Gasteiger partial charge is 0.331 e. The van der Waals surface area contributed by atoms with Gasteiger partial charge in [0, 0.05) is 12.0 Å². The third-order valence-electron chi connectivity index (χ3n) is 2.53. The molecular formula is C13H16O2. The molecule has 0 unspecified atom stereocenters. The lowest BCUT2D eigenvalue weighted by Gasteiger charge is -2.11. The van der Waals surface area contributed by atoms with Crippen molar-refractivity contribution in [2.75, 3.05) is 0 Å². The lowest BCUT2D eigenvalue weighted by atomic mass is 9.95. The normalized spacial score (nSPS) is 10.1. The van der Waals surface area contributed by atoms with E-state index in [2.05, 4.69) is 18.7 Å². The van der Waals surface area contributed by atoms with Crippen molar-refractivity contribution < 1.29 is 9.90 Å². The summed E-state index contributed by atoms with van der Waals surface area (Å²) in [5.41, 5.74) is 4.79. The second-order valence-corrected chi connectivity index (χ2v) is 3.96. The summed E-state index contributed by atoms with van der Waals surface area (Å²) in [4.78, 5) is 10.7. The van der Waals surface area contributed by atoms with E-state index in [1.54, 1.807) is 0 Å². The lowest BCUT2D eigenvalue weighted by Crippen LogP contribution is -2.05. The van der Waals surface area contributed by atoms with E-state index in [0.29, 0.717) is 6.42 Å². The first-order valence-corrected chi connectivity index (χ1v) is 4.89. The van der Waals surface area contributed by atoms with Crippen LogP contribution in [0.3, 0.4) is 0 Å². The highest BCUT2D eigenvalue weighted by Crippen LogP contribution is 2.19. The van der Waals surface area contributed by atoms with E-state index in [9.17, 15) is 4.79 Å². The molecule has 1 aromatic carbocycles. The Kier molecular flexibility index (Phi) is 3.30. The average Bonchev–Trinajstić information content (AvgIpc) is 2.10. The molecule has 1 rings (SSSR count). The Labute approximate surface area is 90.3 Å². The first-order chi connectivity index (χ1) is 6.91. The fourth-order valence-electron chi connectivity index (χ4n) is 1.78. The van der Waals surface area contributed by atoms with Crippen LogP contribution in [0, 0.1) is 20.8 Å². The summed E-state index contributed by atoms with van der Waals surface area (Å²) in [5.74, 6) is -0.922. The number of hydrogen-bond acceptors (Lipinski definition) is 1. The first-order valence-electron chi connectivity index (χ1n) is 4.89. The van der Waals surface area contributed by atoms with Crippen molar-refractivity contribution >= 4 is 5.97 Å². The summed E-state index contributed by atoms with van der Waals surface area (Å²) in [6, 6.07) is 4.13. The minimum Gasteiger partial charge on any atom is -0.478 e. The number of rotatable bonds is 3. The minimum absolute atomic E-state index is 0.241. The number of benzene rings is 1. The molecule has 0 aliphatic rings. The van der Waals surface area contributed by atoms with Gasteiger partial charge in [0.05, 0.1) is 0 Å². The summed E-state index contributed by atoms with van der Waals surface area (Å²) in [7, 11) is 0. The molecule has 0 aromatic heterocycles. The van der Waals surface area contributed by atoms with Crippen LogP contribution in [0.5, 0.6) is 0 Å². The van der Waals surface area contributed by atoms with Crippen LogP contribution in [-0.2, 0) is 11.2 Å². The van der Waals surface area contributed by atoms with Crippen LogP contribution in [0.4, 0.5) is 0 Å². The molecule has 2 heteroatoms. The molecule has 1 aromatic rings. The maximum atomic E-state index is 10.7. The van der Waals surface area contributed by atoms with Crippen LogP contribution in [0.15, 0.2) is 24.3 Å². The van der Waals surface area contributed by atoms with E-state index in [-0.39, 0.29) is 5.57 Å². The Morgan fingerprint density at radius 3 is 2.13 bits per heavy atom. The fourth-order valence-corrected chi connectivity index (χ4v) is 1.78. The van der Waals surface area contributed by atoms with Gasteiger partial charge in [-0.1, -0.05) is 24.3 Å². The van der Waals surface area contributed by atoms with E-state index in [0.717, 1.165) is 16.7 Å². The molecule has 0 spiro atoms. The van der Waals surface area contributed by atoms with Gasteiger partial charge >= 0.3 is 5.97 Å². The summed E-state index contributed by atoms with van der Waals surface area (Å²) >= 11 is 0. The summed E-state index contributed by atoms with van der Waals surface area (Å²) < 4.78 is 0. The Morgan fingerprint density at radius 1 is 1.27 bits per heavy atom. The average molecular weight is 204 g/mol. The molecule has 0 bridgehead atoms. The molecule has 0 aliphatic heterocycles. The molecule has 0 heterocycles. The molecule has 0 amide bonds. The lowest BCUT2D eigenvalue weighted by molar-refractivity contribution is -0.132. The third kappa shape index (κ3) is 2.69. The standard InChI is InChI=1S/C13H16O2/c1-8-5-9(2)12(10(3)6-8)7-11(4)13(14)15/h5-6H,4,7H2,1-3H3,(H,14,15). The van der Waals surface area contributed by atoms with Gasteiger partial charge in [-0.3, -0.25) is 0 Å². The zero-order valence-corrected chi connectivity index (χ0v) is 9.42. The van der Waals surface area contributed by atoms with Crippen molar-refractivity contribution in [2.45, 2.75) is 27.2 Å². The van der Waals surface area contributed by atoms with E-state index in [1.807, 2.05) is 20.8 Å². The van der Waals surface area contributed by atoms with Gasteiger partial charge in [0.15, 0.2) is 0 Å². The van der Waals surface area contributed by atoms with Gasteiger partial charge in [0.2, 0.25) is 0 Å². The van der Waals surface area contributed by atoms with Crippen LogP contribution in [0.2, 0.25) is 0 Å². The van der Waals surface area contributed by atoms with Gasteiger partial charge in [-0.2, -0.15) is 0 Å². The van der Waals surface area contributed by atoms with Crippen molar-refractivity contribution in [3.63, 3.8) is 0 Å². The van der Waals surface area contributed by atoms with Crippen molar-refractivity contribution in [2.24, 2.45) is 0 Å². The summed E-state index contributed by atoms with van der Waals surface area (Å²) in [6.45, 7) is 9.60. The number of aryl methyl sites for hydroxylation is 3. The number of hydrogen-bond donors (Lipinski definition) is 1. The van der Waals surface area contributed by atoms with Crippen molar-refractivity contribution in [1.29, 1.82) is 0 Å². The molecule has 80 valence electrons. The third-order valence-corrected chi connectivity index (χ3v) is 2.53. The molecule has 15 heavy (non-hydrogen) atoms. The quantitative estimate of drug-likeness (QED) is 0.769. The van der Waals surface area contributed by atoms with Crippen LogP contribution >= 0.6 is 0 Å². The van der Waals surface area contributed by atoms with Crippen LogP contribution in [0.25, 0.3) is 0 Å². The van der Waals surface area contributed by atoms with Gasteiger partial charge in [0.1, 0.15) is 0 Å².